The zero-order chi connectivity index (χ0) is 12.3. The minimum Gasteiger partial charge on any atom is -0.478 e. The lowest BCUT2D eigenvalue weighted by atomic mass is 9.97. The Kier molecular flexibility index (Phi) is 3.06. The van der Waals surface area contributed by atoms with Crippen LogP contribution in [0.4, 0.5) is 0 Å². The first kappa shape index (κ1) is 11.1. The molecule has 0 atom stereocenters. The largest absolute Gasteiger partial charge is 0.478 e. The van der Waals surface area contributed by atoms with Gasteiger partial charge < -0.3 is 5.11 Å². The van der Waals surface area contributed by atoms with E-state index in [-0.39, 0.29) is 5.56 Å². The molecule has 17 heavy (non-hydrogen) atoms. The Morgan fingerprint density at radius 1 is 1.12 bits per heavy atom. The molecule has 2 nitrogen and oxygen atoms in total. The standard InChI is InChI=1S/C15H12O2/c1-2-11-10-13(15(16)17)8-9-14(11)12-6-4-3-5-7-12/h2-10H,1H2,(H,16,17). The highest BCUT2D eigenvalue weighted by Gasteiger charge is 2.07. The molecule has 2 rings (SSSR count). The van der Waals surface area contributed by atoms with E-state index in [0.717, 1.165) is 16.7 Å². The van der Waals surface area contributed by atoms with Crippen molar-refractivity contribution < 1.29 is 9.90 Å². The van der Waals surface area contributed by atoms with Gasteiger partial charge in [0.2, 0.25) is 0 Å². The lowest BCUT2D eigenvalue weighted by Crippen LogP contribution is -1.97. The van der Waals surface area contributed by atoms with Crippen molar-refractivity contribution in [3.05, 3.63) is 66.2 Å². The molecule has 84 valence electrons. The molecule has 0 unspecified atom stereocenters. The number of rotatable bonds is 3. The van der Waals surface area contributed by atoms with Gasteiger partial charge in [0.1, 0.15) is 0 Å². The summed E-state index contributed by atoms with van der Waals surface area (Å²) in [6.07, 6.45) is 1.68. The van der Waals surface area contributed by atoms with Gasteiger partial charge in [0, 0.05) is 0 Å². The lowest BCUT2D eigenvalue weighted by Gasteiger charge is -2.07. The van der Waals surface area contributed by atoms with Crippen LogP contribution in [-0.2, 0) is 0 Å². The molecule has 1 N–H and O–H groups in total. The average molecular weight is 224 g/mol. The smallest absolute Gasteiger partial charge is 0.335 e. The number of hydrogen-bond acceptors (Lipinski definition) is 1. The van der Waals surface area contributed by atoms with Crippen molar-refractivity contribution in [2.45, 2.75) is 0 Å². The van der Waals surface area contributed by atoms with E-state index < -0.39 is 5.97 Å². The van der Waals surface area contributed by atoms with E-state index >= 15 is 0 Å². The maximum atomic E-state index is 10.9. The second-order valence-corrected chi connectivity index (χ2v) is 3.68. The summed E-state index contributed by atoms with van der Waals surface area (Å²) in [6, 6.07) is 14.9. The molecule has 0 aromatic heterocycles. The van der Waals surface area contributed by atoms with Gasteiger partial charge in [0.15, 0.2) is 0 Å². The van der Waals surface area contributed by atoms with Gasteiger partial charge in [-0.3, -0.25) is 0 Å². The van der Waals surface area contributed by atoms with Crippen molar-refractivity contribution in [3.63, 3.8) is 0 Å². The van der Waals surface area contributed by atoms with Crippen LogP contribution in [0.5, 0.6) is 0 Å². The zero-order valence-electron chi connectivity index (χ0n) is 9.26. The summed E-state index contributed by atoms with van der Waals surface area (Å²) >= 11 is 0. The van der Waals surface area contributed by atoms with Gasteiger partial charge in [-0.25, -0.2) is 4.79 Å². The third-order valence-electron chi connectivity index (χ3n) is 2.60. The van der Waals surface area contributed by atoms with Crippen LogP contribution >= 0.6 is 0 Å². The SMILES string of the molecule is C=Cc1cc(C(=O)O)ccc1-c1ccccc1. The average Bonchev–Trinajstić information content (AvgIpc) is 2.39. The number of aromatic carboxylic acids is 1. The summed E-state index contributed by atoms with van der Waals surface area (Å²) in [5.41, 5.74) is 3.15. The van der Waals surface area contributed by atoms with Crippen molar-refractivity contribution in [2.75, 3.05) is 0 Å². The molecule has 0 spiro atoms. The maximum Gasteiger partial charge on any atom is 0.335 e. The highest BCUT2D eigenvalue weighted by Crippen LogP contribution is 2.25. The van der Waals surface area contributed by atoms with E-state index in [2.05, 4.69) is 6.58 Å². The first-order valence-corrected chi connectivity index (χ1v) is 5.27. The van der Waals surface area contributed by atoms with Crippen molar-refractivity contribution in [2.24, 2.45) is 0 Å². The summed E-state index contributed by atoms with van der Waals surface area (Å²) in [6.45, 7) is 3.72. The molecule has 0 heterocycles. The van der Waals surface area contributed by atoms with Crippen molar-refractivity contribution in [3.8, 4) is 11.1 Å². The molecule has 0 amide bonds. The third-order valence-corrected chi connectivity index (χ3v) is 2.60. The van der Waals surface area contributed by atoms with E-state index in [1.165, 1.54) is 0 Å². The predicted molar refractivity (Wildman–Crippen MR) is 68.9 cm³/mol. The maximum absolute atomic E-state index is 10.9. The molecular formula is C15H12O2. The molecule has 2 heteroatoms. The van der Waals surface area contributed by atoms with Crippen LogP contribution in [0.25, 0.3) is 17.2 Å². The fourth-order valence-corrected chi connectivity index (χ4v) is 1.75. The lowest BCUT2D eigenvalue weighted by molar-refractivity contribution is 0.0697. The molecule has 2 aromatic carbocycles. The highest BCUT2D eigenvalue weighted by atomic mass is 16.4. The molecule has 0 aliphatic rings. The summed E-state index contributed by atoms with van der Waals surface area (Å²) in [5.74, 6) is -0.923. The fourth-order valence-electron chi connectivity index (χ4n) is 1.75. The van der Waals surface area contributed by atoms with E-state index in [4.69, 9.17) is 5.11 Å². The van der Waals surface area contributed by atoms with Crippen LogP contribution in [0.2, 0.25) is 0 Å². The molecule has 0 bridgehead atoms. The normalized spacial score (nSPS) is 9.88. The monoisotopic (exact) mass is 224 g/mol. The van der Waals surface area contributed by atoms with Crippen molar-refractivity contribution >= 4 is 12.0 Å². The van der Waals surface area contributed by atoms with Gasteiger partial charge in [-0.2, -0.15) is 0 Å². The Labute approximate surface area is 99.8 Å². The molecule has 0 radical (unpaired) electrons. The Morgan fingerprint density at radius 2 is 1.82 bits per heavy atom. The number of hydrogen-bond donors (Lipinski definition) is 1. The second-order valence-electron chi connectivity index (χ2n) is 3.68. The fraction of sp³-hybridized carbons (Fsp3) is 0. The highest BCUT2D eigenvalue weighted by molar-refractivity contribution is 5.90. The van der Waals surface area contributed by atoms with Crippen LogP contribution in [0.15, 0.2) is 55.1 Å². The second kappa shape index (κ2) is 4.66. The van der Waals surface area contributed by atoms with Gasteiger partial charge in [-0.1, -0.05) is 49.1 Å². The van der Waals surface area contributed by atoms with Crippen LogP contribution in [0.1, 0.15) is 15.9 Å². The number of benzene rings is 2. The Hall–Kier alpha value is -2.35. The van der Waals surface area contributed by atoms with E-state index in [1.807, 2.05) is 36.4 Å². The first-order chi connectivity index (χ1) is 8.22. The molecule has 0 aliphatic carbocycles. The van der Waals surface area contributed by atoms with Gasteiger partial charge >= 0.3 is 5.97 Å². The Morgan fingerprint density at radius 3 is 2.41 bits per heavy atom. The topological polar surface area (TPSA) is 37.3 Å². The summed E-state index contributed by atoms with van der Waals surface area (Å²) < 4.78 is 0. The quantitative estimate of drug-likeness (QED) is 0.863. The van der Waals surface area contributed by atoms with Crippen molar-refractivity contribution in [1.82, 2.24) is 0 Å². The molecule has 0 saturated heterocycles. The van der Waals surface area contributed by atoms with E-state index in [0.29, 0.717) is 0 Å². The number of carbonyl (C=O) groups is 1. The number of carboxylic acid groups (broad SMARTS) is 1. The van der Waals surface area contributed by atoms with Crippen LogP contribution in [0, 0.1) is 0 Å². The summed E-state index contributed by atoms with van der Waals surface area (Å²) in [5, 5.41) is 8.93. The van der Waals surface area contributed by atoms with E-state index in [9.17, 15) is 4.79 Å². The minimum absolute atomic E-state index is 0.277. The summed E-state index contributed by atoms with van der Waals surface area (Å²) in [4.78, 5) is 10.9. The van der Waals surface area contributed by atoms with Gasteiger partial charge in [-0.05, 0) is 28.8 Å². The minimum atomic E-state index is -0.923. The molecule has 0 fully saturated rings. The zero-order valence-corrected chi connectivity index (χ0v) is 9.26. The van der Waals surface area contributed by atoms with E-state index in [1.54, 1.807) is 18.2 Å². The van der Waals surface area contributed by atoms with Crippen LogP contribution in [-0.4, -0.2) is 11.1 Å². The molecule has 0 aliphatic heterocycles. The Balaban J connectivity index is 2.56. The van der Waals surface area contributed by atoms with Gasteiger partial charge in [-0.15, -0.1) is 0 Å². The van der Waals surface area contributed by atoms with Crippen LogP contribution in [0.3, 0.4) is 0 Å². The summed E-state index contributed by atoms with van der Waals surface area (Å²) in [7, 11) is 0. The predicted octanol–water partition coefficient (Wildman–Crippen LogP) is 3.69. The molecule has 2 aromatic rings. The van der Waals surface area contributed by atoms with Crippen molar-refractivity contribution in [1.29, 1.82) is 0 Å². The van der Waals surface area contributed by atoms with Gasteiger partial charge in [0.05, 0.1) is 5.56 Å². The van der Waals surface area contributed by atoms with Gasteiger partial charge in [0.25, 0.3) is 0 Å². The molecular weight excluding hydrogens is 212 g/mol. The number of carboxylic acids is 1. The molecule has 0 saturated carbocycles. The first-order valence-electron chi connectivity index (χ1n) is 5.27. The van der Waals surface area contributed by atoms with Crippen LogP contribution < -0.4 is 0 Å². The third kappa shape index (κ3) is 2.26. The Bertz CT molecular complexity index is 556.